The number of ether oxygens (including phenoxy) is 2. The molecule has 0 N–H and O–H groups in total. The molecule has 1 unspecified atom stereocenters. The van der Waals surface area contributed by atoms with E-state index in [2.05, 4.69) is 4.74 Å². The van der Waals surface area contributed by atoms with Crippen molar-refractivity contribution in [2.75, 3.05) is 13.2 Å². The Morgan fingerprint density at radius 3 is 2.38 bits per heavy atom. The predicted octanol–water partition coefficient (Wildman–Crippen LogP) is 1.29. The quantitative estimate of drug-likeness (QED) is 0.314. The molecule has 1 aromatic carbocycles. The Morgan fingerprint density at radius 1 is 1.04 bits per heavy atom. The molecule has 1 heterocycles. The Kier molecular flexibility index (Phi) is 6.00. The Balaban J connectivity index is 2.47. The molecule has 0 saturated carbocycles. The number of carbonyl (C=O) groups excluding carboxylic acids is 4. The van der Waals surface area contributed by atoms with Crippen molar-refractivity contribution in [3.63, 3.8) is 0 Å². The van der Waals surface area contributed by atoms with Gasteiger partial charge in [-0.25, -0.2) is 4.79 Å². The maximum absolute atomic E-state index is 12.7. The van der Waals surface area contributed by atoms with Crippen LogP contribution in [0.1, 0.15) is 24.2 Å². The van der Waals surface area contributed by atoms with Crippen LogP contribution in [0.25, 0.3) is 11.0 Å². The van der Waals surface area contributed by atoms with E-state index in [0.717, 1.165) is 0 Å². The van der Waals surface area contributed by atoms with Crippen LogP contribution >= 0.6 is 0 Å². The van der Waals surface area contributed by atoms with Gasteiger partial charge in [0.15, 0.2) is 17.1 Å². The van der Waals surface area contributed by atoms with Gasteiger partial charge in [0.2, 0.25) is 0 Å². The number of carbonyl (C=O) groups is 4. The highest BCUT2D eigenvalue weighted by Gasteiger charge is 2.40. The third kappa shape index (κ3) is 3.85. The maximum Gasteiger partial charge on any atom is 0.376 e. The molecule has 2 aromatic rings. The molecule has 26 heavy (non-hydrogen) atoms. The van der Waals surface area contributed by atoms with E-state index in [4.69, 9.17) is 9.15 Å². The minimum absolute atomic E-state index is 0.0833. The van der Waals surface area contributed by atoms with E-state index in [-0.39, 0.29) is 29.7 Å². The molecule has 0 radical (unpaired) electrons. The fourth-order valence-corrected chi connectivity index (χ4v) is 2.28. The molecule has 0 fully saturated rings. The highest BCUT2D eigenvalue weighted by atomic mass is 16.5. The molecular formula is C18H16O8. The number of fused-ring (bicyclic) bond motifs is 1. The van der Waals surface area contributed by atoms with Crippen LogP contribution in [0.5, 0.6) is 0 Å². The summed E-state index contributed by atoms with van der Waals surface area (Å²) in [7, 11) is 0. The smallest absolute Gasteiger partial charge is 0.376 e. The van der Waals surface area contributed by atoms with Gasteiger partial charge in [-0.1, -0.05) is 0 Å². The maximum atomic E-state index is 12.7. The second kappa shape index (κ2) is 8.19. The number of benzene rings is 1. The van der Waals surface area contributed by atoms with Crippen LogP contribution in [-0.4, -0.2) is 36.7 Å². The monoisotopic (exact) mass is 360 g/mol. The van der Waals surface area contributed by atoms with E-state index in [1.807, 2.05) is 0 Å². The van der Waals surface area contributed by atoms with Crippen LogP contribution in [0.4, 0.5) is 0 Å². The lowest BCUT2D eigenvalue weighted by molar-refractivity contribution is -0.160. The first-order valence-electron chi connectivity index (χ1n) is 7.84. The van der Waals surface area contributed by atoms with Crippen molar-refractivity contribution in [2.24, 2.45) is 5.92 Å². The van der Waals surface area contributed by atoms with Gasteiger partial charge in [-0.15, -0.1) is 0 Å². The fourth-order valence-electron chi connectivity index (χ4n) is 2.28. The molecule has 0 saturated heterocycles. The second-order valence-electron chi connectivity index (χ2n) is 5.13. The second-order valence-corrected chi connectivity index (χ2v) is 5.13. The average molecular weight is 360 g/mol. The molecule has 1 aromatic heterocycles. The molecule has 8 nitrogen and oxygen atoms in total. The third-order valence-electron chi connectivity index (χ3n) is 3.47. The van der Waals surface area contributed by atoms with Gasteiger partial charge in [0.05, 0.1) is 24.9 Å². The summed E-state index contributed by atoms with van der Waals surface area (Å²) in [5.74, 6) is -6.75. The van der Waals surface area contributed by atoms with Gasteiger partial charge in [0.25, 0.3) is 5.78 Å². The highest BCUT2D eigenvalue weighted by Crippen LogP contribution is 2.18. The summed E-state index contributed by atoms with van der Waals surface area (Å²) >= 11 is 0. The lowest BCUT2D eigenvalue weighted by atomic mass is 9.93. The van der Waals surface area contributed by atoms with Gasteiger partial charge in [-0.2, -0.15) is 0 Å². The summed E-state index contributed by atoms with van der Waals surface area (Å²) in [5.41, 5.74) is -0.268. The van der Waals surface area contributed by atoms with Crippen molar-refractivity contribution < 1.29 is 33.1 Å². The van der Waals surface area contributed by atoms with E-state index < -0.39 is 34.9 Å². The number of ketones is 2. The zero-order valence-electron chi connectivity index (χ0n) is 14.1. The molecule has 0 spiro atoms. The number of hydrogen-bond acceptors (Lipinski definition) is 8. The summed E-state index contributed by atoms with van der Waals surface area (Å²) in [6.45, 7) is 2.80. The Labute approximate surface area is 147 Å². The van der Waals surface area contributed by atoms with Crippen LogP contribution in [0.3, 0.4) is 0 Å². The van der Waals surface area contributed by atoms with Crippen molar-refractivity contribution in [1.82, 2.24) is 0 Å². The minimum atomic E-state index is -2.00. The summed E-state index contributed by atoms with van der Waals surface area (Å²) in [4.78, 5) is 60.6. The third-order valence-corrected chi connectivity index (χ3v) is 3.47. The average Bonchev–Trinajstić information content (AvgIpc) is 2.62. The van der Waals surface area contributed by atoms with Gasteiger partial charge in [0, 0.05) is 11.6 Å². The van der Waals surface area contributed by atoms with Crippen molar-refractivity contribution in [2.45, 2.75) is 13.8 Å². The molecule has 0 bridgehead atoms. The Bertz CT molecular complexity index is 924. The van der Waals surface area contributed by atoms with Crippen molar-refractivity contribution in [3.05, 3.63) is 46.3 Å². The number of hydrogen-bond donors (Lipinski definition) is 0. The summed E-state index contributed by atoms with van der Waals surface area (Å²) in [6.07, 6.45) is 1.21. The number of esters is 2. The van der Waals surface area contributed by atoms with Crippen LogP contribution in [0, 0.1) is 5.92 Å². The fraction of sp³-hybridized carbons (Fsp3) is 0.278. The molecule has 0 aliphatic heterocycles. The molecule has 1 atom stereocenters. The number of rotatable bonds is 7. The molecule has 0 aliphatic carbocycles. The topological polar surface area (TPSA) is 117 Å². The summed E-state index contributed by atoms with van der Waals surface area (Å²) < 4.78 is 14.5. The SMILES string of the molecule is CCOC(=O)C(=O)C(C(=O)OCC)C(=O)c1ccc2occc(=O)c2c1. The molecule has 0 aliphatic rings. The van der Waals surface area contributed by atoms with Gasteiger partial charge in [-0.3, -0.25) is 19.2 Å². The first-order chi connectivity index (χ1) is 12.4. The standard InChI is InChI=1S/C18H16O8/c1-3-24-17(22)14(16(21)18(23)25-4-2)15(20)10-5-6-13-11(9-10)12(19)7-8-26-13/h5-9,14H,3-4H2,1-2H3. The zero-order chi connectivity index (χ0) is 19.3. The van der Waals surface area contributed by atoms with Crippen LogP contribution in [0.2, 0.25) is 0 Å². The minimum Gasteiger partial charge on any atom is -0.465 e. The highest BCUT2D eigenvalue weighted by molar-refractivity contribution is 6.44. The molecule has 8 heteroatoms. The molecule has 2 rings (SSSR count). The lowest BCUT2D eigenvalue weighted by Crippen LogP contribution is -2.38. The predicted molar refractivity (Wildman–Crippen MR) is 88.6 cm³/mol. The van der Waals surface area contributed by atoms with Crippen molar-refractivity contribution in [3.8, 4) is 0 Å². The van der Waals surface area contributed by atoms with Gasteiger partial charge in [-0.05, 0) is 32.0 Å². The van der Waals surface area contributed by atoms with E-state index >= 15 is 0 Å². The largest absolute Gasteiger partial charge is 0.465 e. The Hall–Kier alpha value is -3.29. The zero-order valence-corrected chi connectivity index (χ0v) is 14.1. The summed E-state index contributed by atoms with van der Waals surface area (Å²) in [6, 6.07) is 5.02. The Morgan fingerprint density at radius 2 is 1.73 bits per heavy atom. The lowest BCUT2D eigenvalue weighted by Gasteiger charge is -2.13. The van der Waals surface area contributed by atoms with Gasteiger partial charge < -0.3 is 13.9 Å². The molecule has 136 valence electrons. The first kappa shape index (κ1) is 19.0. The van der Waals surface area contributed by atoms with Crippen LogP contribution in [-0.2, 0) is 23.9 Å². The molecule has 0 amide bonds. The van der Waals surface area contributed by atoms with E-state index in [1.165, 1.54) is 44.4 Å². The first-order valence-corrected chi connectivity index (χ1v) is 7.84. The summed E-state index contributed by atoms with van der Waals surface area (Å²) in [5, 5.41) is 0.101. The van der Waals surface area contributed by atoms with Crippen molar-refractivity contribution >= 4 is 34.5 Å². The van der Waals surface area contributed by atoms with Crippen molar-refractivity contribution in [1.29, 1.82) is 0 Å². The van der Waals surface area contributed by atoms with Crippen LogP contribution in [0.15, 0.2) is 39.7 Å². The van der Waals surface area contributed by atoms with E-state index in [0.29, 0.717) is 0 Å². The van der Waals surface area contributed by atoms with E-state index in [9.17, 15) is 24.0 Å². The van der Waals surface area contributed by atoms with Gasteiger partial charge in [0.1, 0.15) is 5.58 Å². The van der Waals surface area contributed by atoms with Crippen LogP contribution < -0.4 is 5.43 Å². The normalized spacial score (nSPS) is 11.6. The molecular weight excluding hydrogens is 344 g/mol. The number of Topliss-reactive ketones (excluding diaryl/α,β-unsaturated/α-hetero) is 2. The van der Waals surface area contributed by atoms with Gasteiger partial charge >= 0.3 is 11.9 Å². The van der Waals surface area contributed by atoms with E-state index in [1.54, 1.807) is 0 Å².